The van der Waals surface area contributed by atoms with Gasteiger partial charge in [0.1, 0.15) is 5.54 Å². The number of carbonyl (C=O) groups excluding carboxylic acids is 2. The van der Waals surface area contributed by atoms with Crippen LogP contribution in [0.25, 0.3) is 0 Å². The van der Waals surface area contributed by atoms with Gasteiger partial charge >= 0.3 is 6.03 Å². The van der Waals surface area contributed by atoms with E-state index < -0.39 is 5.54 Å². The van der Waals surface area contributed by atoms with Gasteiger partial charge in [0.25, 0.3) is 5.91 Å². The third kappa shape index (κ3) is 4.45. The molecule has 0 unspecified atom stereocenters. The molecule has 3 aliphatic rings. The molecular weight excluding hydrogens is 350 g/mol. The molecule has 2 heterocycles. The maximum Gasteiger partial charge on any atom is 0.327 e. The highest BCUT2D eigenvalue weighted by atomic mass is 16.2. The third-order valence-electron chi connectivity index (χ3n) is 6.68. The number of rotatable bonds is 7. The molecule has 2 aliphatic heterocycles. The maximum absolute atomic E-state index is 13.4. The van der Waals surface area contributed by atoms with E-state index in [0.717, 1.165) is 44.8 Å². The van der Waals surface area contributed by atoms with Crippen molar-refractivity contribution in [3.63, 3.8) is 0 Å². The minimum atomic E-state index is -0.593. The lowest BCUT2D eigenvalue weighted by Gasteiger charge is -2.43. The molecule has 3 rings (SSSR count). The average molecular weight is 390 g/mol. The van der Waals surface area contributed by atoms with Crippen LogP contribution >= 0.6 is 0 Å². The molecule has 0 N–H and O–H groups in total. The van der Waals surface area contributed by atoms with Gasteiger partial charge in [0.05, 0.1) is 0 Å². The van der Waals surface area contributed by atoms with Crippen molar-refractivity contribution >= 4 is 11.9 Å². The van der Waals surface area contributed by atoms with Crippen molar-refractivity contribution in [3.8, 4) is 0 Å². The van der Waals surface area contributed by atoms with Crippen LogP contribution in [0.5, 0.6) is 0 Å². The molecule has 0 saturated carbocycles. The van der Waals surface area contributed by atoms with Gasteiger partial charge in [0.15, 0.2) is 0 Å². The first-order valence-electron chi connectivity index (χ1n) is 11.3. The SMILES string of the molecule is CC(C)CCN1C(=O)N(CC(C)C)C(=O)C12CCN(C[C@@H]1CC=CCC1)CC2. The Morgan fingerprint density at radius 3 is 2.36 bits per heavy atom. The Kier molecular flexibility index (Phi) is 6.85. The normalized spacial score (nSPS) is 25.7. The molecule has 0 bridgehead atoms. The molecule has 0 aromatic rings. The quantitative estimate of drug-likeness (QED) is 0.485. The Morgan fingerprint density at radius 1 is 1.07 bits per heavy atom. The fourth-order valence-electron chi connectivity index (χ4n) is 4.98. The summed E-state index contributed by atoms with van der Waals surface area (Å²) in [6.07, 6.45) is 10.8. The van der Waals surface area contributed by atoms with Gasteiger partial charge in [-0.15, -0.1) is 0 Å². The molecule has 0 aromatic heterocycles. The molecule has 0 aromatic carbocycles. The number of allylic oxidation sites excluding steroid dienone is 2. The van der Waals surface area contributed by atoms with Crippen LogP contribution in [0, 0.1) is 17.8 Å². The van der Waals surface area contributed by atoms with Gasteiger partial charge in [-0.1, -0.05) is 39.8 Å². The molecule has 1 spiro atoms. The highest BCUT2D eigenvalue weighted by Crippen LogP contribution is 2.38. The molecule has 1 atom stereocenters. The number of urea groups is 1. The molecule has 2 saturated heterocycles. The van der Waals surface area contributed by atoms with Crippen molar-refractivity contribution in [3.05, 3.63) is 12.2 Å². The second-order valence-corrected chi connectivity index (χ2v) is 9.91. The highest BCUT2D eigenvalue weighted by molar-refractivity contribution is 6.07. The van der Waals surface area contributed by atoms with E-state index in [1.54, 1.807) is 4.90 Å². The van der Waals surface area contributed by atoms with Gasteiger partial charge in [-0.25, -0.2) is 4.79 Å². The Labute approximate surface area is 171 Å². The molecule has 1 aliphatic carbocycles. The summed E-state index contributed by atoms with van der Waals surface area (Å²) in [5.41, 5.74) is -0.593. The minimum Gasteiger partial charge on any atom is -0.309 e. The predicted octanol–water partition coefficient (Wildman–Crippen LogP) is 4.14. The first-order valence-corrected chi connectivity index (χ1v) is 11.3. The van der Waals surface area contributed by atoms with Crippen molar-refractivity contribution in [1.29, 1.82) is 0 Å². The van der Waals surface area contributed by atoms with Gasteiger partial charge in [-0.05, 0) is 56.3 Å². The lowest BCUT2D eigenvalue weighted by atomic mass is 9.84. The second kappa shape index (κ2) is 8.98. The van der Waals surface area contributed by atoms with E-state index in [0.29, 0.717) is 24.9 Å². The number of piperidine rings is 1. The third-order valence-corrected chi connectivity index (χ3v) is 6.68. The zero-order chi connectivity index (χ0) is 20.3. The molecular formula is C23H39N3O2. The Hall–Kier alpha value is -1.36. The zero-order valence-electron chi connectivity index (χ0n) is 18.3. The van der Waals surface area contributed by atoms with Crippen LogP contribution in [0.2, 0.25) is 0 Å². The highest BCUT2D eigenvalue weighted by Gasteiger charge is 2.57. The summed E-state index contributed by atoms with van der Waals surface area (Å²) in [5, 5.41) is 0. The van der Waals surface area contributed by atoms with Gasteiger partial charge in [0.2, 0.25) is 0 Å². The number of hydrogen-bond acceptors (Lipinski definition) is 3. The maximum atomic E-state index is 13.4. The number of amides is 3. The molecule has 3 amide bonds. The van der Waals surface area contributed by atoms with E-state index in [4.69, 9.17) is 0 Å². The molecule has 5 heteroatoms. The second-order valence-electron chi connectivity index (χ2n) is 9.91. The monoisotopic (exact) mass is 389 g/mol. The van der Waals surface area contributed by atoms with Crippen LogP contribution in [0.3, 0.4) is 0 Å². The summed E-state index contributed by atoms with van der Waals surface area (Å²) in [4.78, 5) is 32.6. The summed E-state index contributed by atoms with van der Waals surface area (Å²) in [6.45, 7) is 12.7. The van der Waals surface area contributed by atoms with Crippen LogP contribution in [-0.2, 0) is 4.79 Å². The van der Waals surface area contributed by atoms with Crippen LogP contribution in [0.4, 0.5) is 4.79 Å². The number of carbonyl (C=O) groups is 2. The van der Waals surface area contributed by atoms with E-state index in [1.165, 1.54) is 19.3 Å². The van der Waals surface area contributed by atoms with Crippen molar-refractivity contribution in [2.75, 3.05) is 32.7 Å². The first kappa shape index (κ1) is 21.4. The van der Waals surface area contributed by atoms with E-state index in [9.17, 15) is 9.59 Å². The smallest absolute Gasteiger partial charge is 0.309 e. The fourth-order valence-corrected chi connectivity index (χ4v) is 4.98. The van der Waals surface area contributed by atoms with E-state index in [-0.39, 0.29) is 11.9 Å². The predicted molar refractivity (Wildman–Crippen MR) is 113 cm³/mol. The fraction of sp³-hybridized carbons (Fsp3) is 0.826. The van der Waals surface area contributed by atoms with E-state index in [2.05, 4.69) is 44.7 Å². The number of nitrogens with zero attached hydrogens (tertiary/aromatic N) is 3. The standard InChI is InChI=1S/C23H39N3O2/c1-18(2)10-13-26-22(28)25(16-19(3)4)21(27)23(26)11-14-24(15-12-23)17-20-8-6-5-7-9-20/h5-6,18-20H,7-17H2,1-4H3/t20-/m1/s1. The number of imide groups is 1. The van der Waals surface area contributed by atoms with Crippen LogP contribution in [-0.4, -0.2) is 64.9 Å². The molecule has 2 fully saturated rings. The lowest BCUT2D eigenvalue weighted by molar-refractivity contribution is -0.136. The molecule has 158 valence electrons. The van der Waals surface area contributed by atoms with Crippen LogP contribution < -0.4 is 0 Å². The summed E-state index contributed by atoms with van der Waals surface area (Å²) in [5.74, 6) is 1.64. The van der Waals surface area contributed by atoms with Gasteiger partial charge in [-0.2, -0.15) is 0 Å². The van der Waals surface area contributed by atoms with E-state index in [1.807, 2.05) is 4.90 Å². The van der Waals surface area contributed by atoms with Crippen molar-refractivity contribution in [2.24, 2.45) is 17.8 Å². The van der Waals surface area contributed by atoms with Gasteiger partial charge in [-0.3, -0.25) is 9.69 Å². The minimum absolute atomic E-state index is 0.0507. The van der Waals surface area contributed by atoms with Crippen molar-refractivity contribution in [1.82, 2.24) is 14.7 Å². The van der Waals surface area contributed by atoms with Crippen LogP contribution in [0.15, 0.2) is 12.2 Å². The molecule has 0 radical (unpaired) electrons. The Morgan fingerprint density at radius 2 is 1.79 bits per heavy atom. The van der Waals surface area contributed by atoms with Crippen LogP contribution in [0.1, 0.15) is 66.2 Å². The van der Waals surface area contributed by atoms with Crippen molar-refractivity contribution in [2.45, 2.75) is 71.8 Å². The topological polar surface area (TPSA) is 43.9 Å². The summed E-state index contributed by atoms with van der Waals surface area (Å²) in [6, 6.07) is -0.0507. The van der Waals surface area contributed by atoms with Crippen molar-refractivity contribution < 1.29 is 9.59 Å². The molecule has 5 nitrogen and oxygen atoms in total. The average Bonchev–Trinajstić information content (AvgIpc) is 2.84. The number of hydrogen-bond donors (Lipinski definition) is 0. The summed E-state index contributed by atoms with van der Waals surface area (Å²) < 4.78 is 0. The number of likely N-dealkylation sites (tertiary alicyclic amines) is 1. The Bertz CT molecular complexity index is 591. The largest absolute Gasteiger partial charge is 0.327 e. The molecule has 28 heavy (non-hydrogen) atoms. The first-order chi connectivity index (χ1) is 13.3. The Balaban J connectivity index is 1.70. The van der Waals surface area contributed by atoms with Gasteiger partial charge < -0.3 is 9.80 Å². The van der Waals surface area contributed by atoms with Gasteiger partial charge in [0, 0.05) is 32.7 Å². The summed E-state index contributed by atoms with van der Waals surface area (Å²) >= 11 is 0. The lowest BCUT2D eigenvalue weighted by Crippen LogP contribution is -2.57. The zero-order valence-corrected chi connectivity index (χ0v) is 18.3. The summed E-state index contributed by atoms with van der Waals surface area (Å²) in [7, 11) is 0. The van der Waals surface area contributed by atoms with E-state index >= 15 is 0 Å².